The second kappa shape index (κ2) is 5.19. The van der Waals surface area contributed by atoms with Gasteiger partial charge in [-0.3, -0.25) is 4.90 Å². The lowest BCUT2D eigenvalue weighted by Crippen LogP contribution is -2.31. The molecule has 0 aliphatic carbocycles. The number of nitrogens with two attached hydrogens (primary N) is 1. The highest BCUT2D eigenvalue weighted by atomic mass is 19.1. The average Bonchev–Trinajstić information content (AvgIpc) is 2.23. The van der Waals surface area contributed by atoms with Crippen LogP contribution in [0.25, 0.3) is 0 Å². The van der Waals surface area contributed by atoms with E-state index in [2.05, 4.69) is 0 Å². The lowest BCUT2D eigenvalue weighted by molar-refractivity contribution is 0.257. The van der Waals surface area contributed by atoms with Crippen LogP contribution < -0.4 is 5.73 Å². The van der Waals surface area contributed by atoms with Gasteiger partial charge in [0, 0.05) is 18.2 Å². The summed E-state index contributed by atoms with van der Waals surface area (Å²) in [6.45, 7) is 2.95. The van der Waals surface area contributed by atoms with Crippen molar-refractivity contribution in [1.29, 1.82) is 0 Å². The predicted molar refractivity (Wildman–Crippen MR) is 56.5 cm³/mol. The van der Waals surface area contributed by atoms with Crippen molar-refractivity contribution in [2.45, 2.75) is 13.0 Å². The van der Waals surface area contributed by atoms with Gasteiger partial charge in [-0.15, -0.1) is 0 Å². The molecule has 84 valence electrons. The topological polar surface area (TPSA) is 29.3 Å². The molecule has 2 nitrogen and oxygen atoms in total. The Bertz CT molecular complexity index is 328. The molecule has 0 saturated carbocycles. The standard InChI is InChI=1S/C11H16F2N2/c1-3-15(2)11(7-14)9-6-8(12)4-5-10(9)13/h4-6,11H,3,7,14H2,1-2H3. The van der Waals surface area contributed by atoms with Gasteiger partial charge in [0.15, 0.2) is 0 Å². The molecule has 0 amide bonds. The summed E-state index contributed by atoms with van der Waals surface area (Å²) in [6, 6.07) is 3.18. The lowest BCUT2D eigenvalue weighted by Gasteiger charge is -2.26. The van der Waals surface area contributed by atoms with Gasteiger partial charge in [0.05, 0.1) is 0 Å². The molecule has 0 bridgehead atoms. The quantitative estimate of drug-likeness (QED) is 0.829. The molecule has 4 heteroatoms. The fourth-order valence-corrected chi connectivity index (χ4v) is 1.53. The molecule has 1 unspecified atom stereocenters. The largest absolute Gasteiger partial charge is 0.329 e. The van der Waals surface area contributed by atoms with Gasteiger partial charge in [-0.25, -0.2) is 8.78 Å². The molecule has 0 aliphatic heterocycles. The summed E-state index contributed by atoms with van der Waals surface area (Å²) in [4.78, 5) is 1.89. The van der Waals surface area contributed by atoms with Crippen LogP contribution in [0.3, 0.4) is 0 Å². The molecule has 0 spiro atoms. The normalized spacial score (nSPS) is 13.2. The highest BCUT2D eigenvalue weighted by Gasteiger charge is 2.18. The summed E-state index contributed by atoms with van der Waals surface area (Å²) in [5.41, 5.74) is 5.89. The highest BCUT2D eigenvalue weighted by Crippen LogP contribution is 2.21. The van der Waals surface area contributed by atoms with E-state index in [1.807, 2.05) is 18.9 Å². The second-order valence-electron chi connectivity index (χ2n) is 3.49. The number of likely N-dealkylation sites (N-methyl/N-ethyl adjacent to an activating group) is 1. The van der Waals surface area contributed by atoms with Crippen molar-refractivity contribution in [2.75, 3.05) is 20.1 Å². The predicted octanol–water partition coefficient (Wildman–Crippen LogP) is 1.92. The maximum Gasteiger partial charge on any atom is 0.128 e. The summed E-state index contributed by atoms with van der Waals surface area (Å²) >= 11 is 0. The summed E-state index contributed by atoms with van der Waals surface area (Å²) in [5.74, 6) is -0.846. The van der Waals surface area contributed by atoms with Crippen molar-refractivity contribution in [3.63, 3.8) is 0 Å². The van der Waals surface area contributed by atoms with Crippen LogP contribution >= 0.6 is 0 Å². The third-order valence-electron chi connectivity index (χ3n) is 2.57. The first kappa shape index (κ1) is 12.1. The molecule has 1 aromatic rings. The van der Waals surface area contributed by atoms with E-state index in [1.54, 1.807) is 0 Å². The first-order valence-corrected chi connectivity index (χ1v) is 4.95. The van der Waals surface area contributed by atoms with E-state index in [-0.39, 0.29) is 12.6 Å². The van der Waals surface area contributed by atoms with Gasteiger partial charge in [-0.2, -0.15) is 0 Å². The Labute approximate surface area is 88.7 Å². The Balaban J connectivity index is 3.05. The maximum absolute atomic E-state index is 13.5. The van der Waals surface area contributed by atoms with Gasteiger partial charge in [-0.05, 0) is 31.8 Å². The van der Waals surface area contributed by atoms with Gasteiger partial charge in [0.1, 0.15) is 11.6 Å². The Hall–Kier alpha value is -1.00. The Kier molecular flexibility index (Phi) is 4.17. The molecule has 0 fully saturated rings. The summed E-state index contributed by atoms with van der Waals surface area (Å²) in [6.07, 6.45) is 0. The number of hydrogen-bond donors (Lipinski definition) is 1. The van der Waals surface area contributed by atoms with Gasteiger partial charge < -0.3 is 5.73 Å². The molecule has 0 aromatic heterocycles. The smallest absolute Gasteiger partial charge is 0.128 e. The van der Waals surface area contributed by atoms with E-state index >= 15 is 0 Å². The van der Waals surface area contributed by atoms with Crippen molar-refractivity contribution in [2.24, 2.45) is 5.73 Å². The Morgan fingerprint density at radius 1 is 1.40 bits per heavy atom. The SMILES string of the molecule is CCN(C)C(CN)c1cc(F)ccc1F. The van der Waals surface area contributed by atoms with Gasteiger partial charge in [0.25, 0.3) is 0 Å². The molecular formula is C11H16F2N2. The molecule has 1 rings (SSSR count). The molecule has 0 aliphatic rings. The zero-order chi connectivity index (χ0) is 11.4. The third kappa shape index (κ3) is 2.73. The number of benzene rings is 1. The van der Waals surface area contributed by atoms with E-state index in [4.69, 9.17) is 5.73 Å². The third-order valence-corrected chi connectivity index (χ3v) is 2.57. The van der Waals surface area contributed by atoms with Crippen LogP contribution in [-0.2, 0) is 0 Å². The number of hydrogen-bond acceptors (Lipinski definition) is 2. The number of nitrogens with zero attached hydrogens (tertiary/aromatic N) is 1. The zero-order valence-corrected chi connectivity index (χ0v) is 9.00. The molecule has 15 heavy (non-hydrogen) atoms. The van der Waals surface area contributed by atoms with Crippen LogP contribution in [0, 0.1) is 11.6 Å². The molecular weight excluding hydrogens is 198 g/mol. The summed E-state index contributed by atoms with van der Waals surface area (Å²) < 4.78 is 26.4. The van der Waals surface area contributed by atoms with Crippen molar-refractivity contribution in [3.05, 3.63) is 35.4 Å². The maximum atomic E-state index is 13.5. The fourth-order valence-electron chi connectivity index (χ4n) is 1.53. The van der Waals surface area contributed by atoms with Crippen molar-refractivity contribution in [1.82, 2.24) is 4.90 Å². The number of halogens is 2. The first-order chi connectivity index (χ1) is 7.10. The monoisotopic (exact) mass is 214 g/mol. The van der Waals surface area contributed by atoms with Crippen LogP contribution in [0.4, 0.5) is 8.78 Å². The minimum absolute atomic E-state index is 0.269. The van der Waals surface area contributed by atoms with E-state index < -0.39 is 11.6 Å². The van der Waals surface area contributed by atoms with Gasteiger partial charge >= 0.3 is 0 Å². The van der Waals surface area contributed by atoms with Crippen LogP contribution in [0.1, 0.15) is 18.5 Å². The highest BCUT2D eigenvalue weighted by molar-refractivity contribution is 5.22. The van der Waals surface area contributed by atoms with Crippen molar-refractivity contribution < 1.29 is 8.78 Å². The minimum atomic E-state index is -0.436. The summed E-state index contributed by atoms with van der Waals surface area (Å²) in [7, 11) is 1.84. The van der Waals surface area contributed by atoms with E-state index in [9.17, 15) is 8.78 Å². The second-order valence-corrected chi connectivity index (χ2v) is 3.49. The summed E-state index contributed by atoms with van der Waals surface area (Å²) in [5, 5.41) is 0. The number of rotatable bonds is 4. The molecule has 2 N–H and O–H groups in total. The van der Waals surface area contributed by atoms with Crippen LogP contribution in [0.2, 0.25) is 0 Å². The van der Waals surface area contributed by atoms with E-state index in [1.165, 1.54) is 6.07 Å². The van der Waals surface area contributed by atoms with Crippen LogP contribution in [0.5, 0.6) is 0 Å². The van der Waals surface area contributed by atoms with Gasteiger partial charge in [-0.1, -0.05) is 6.92 Å². The Morgan fingerprint density at radius 3 is 2.60 bits per heavy atom. The Morgan fingerprint density at radius 2 is 2.07 bits per heavy atom. The van der Waals surface area contributed by atoms with Gasteiger partial charge in [0.2, 0.25) is 0 Å². The van der Waals surface area contributed by atoms with Crippen LogP contribution in [0.15, 0.2) is 18.2 Å². The molecule has 1 atom stereocenters. The molecule has 0 heterocycles. The molecule has 0 saturated heterocycles. The molecule has 0 radical (unpaired) electrons. The van der Waals surface area contributed by atoms with Crippen molar-refractivity contribution >= 4 is 0 Å². The van der Waals surface area contributed by atoms with Crippen LogP contribution in [-0.4, -0.2) is 25.0 Å². The van der Waals surface area contributed by atoms with E-state index in [0.717, 1.165) is 18.7 Å². The lowest BCUT2D eigenvalue weighted by atomic mass is 10.0. The first-order valence-electron chi connectivity index (χ1n) is 4.95. The van der Waals surface area contributed by atoms with E-state index in [0.29, 0.717) is 5.56 Å². The fraction of sp³-hybridized carbons (Fsp3) is 0.455. The zero-order valence-electron chi connectivity index (χ0n) is 9.00. The average molecular weight is 214 g/mol. The molecule has 1 aromatic carbocycles. The minimum Gasteiger partial charge on any atom is -0.329 e. The van der Waals surface area contributed by atoms with Crippen molar-refractivity contribution in [3.8, 4) is 0 Å².